The van der Waals surface area contributed by atoms with Crippen molar-refractivity contribution in [3.63, 3.8) is 0 Å². The molecule has 0 aliphatic heterocycles. The van der Waals surface area contributed by atoms with Gasteiger partial charge in [0.2, 0.25) is 0 Å². The van der Waals surface area contributed by atoms with E-state index in [2.05, 4.69) is 17.2 Å². The van der Waals surface area contributed by atoms with Crippen LogP contribution in [-0.4, -0.2) is 22.2 Å². The van der Waals surface area contributed by atoms with E-state index in [0.29, 0.717) is 35.3 Å². The number of hydrogen-bond acceptors (Lipinski definition) is 5. The smallest absolute Gasteiger partial charge is 0.295 e. The van der Waals surface area contributed by atoms with Crippen LogP contribution >= 0.6 is 0 Å². The van der Waals surface area contributed by atoms with Crippen LogP contribution in [0.2, 0.25) is 0 Å². The molecular weight excluding hydrogens is 254 g/mol. The van der Waals surface area contributed by atoms with Crippen LogP contribution in [0.1, 0.15) is 32.6 Å². The average Bonchev–Trinajstić information content (AvgIpc) is 2.85. The van der Waals surface area contributed by atoms with Crippen molar-refractivity contribution < 1.29 is 9.52 Å². The topological polar surface area (TPSA) is 84.3 Å². The van der Waals surface area contributed by atoms with Gasteiger partial charge in [0.1, 0.15) is 5.52 Å². The monoisotopic (exact) mass is 275 g/mol. The van der Waals surface area contributed by atoms with Gasteiger partial charge in [-0.15, -0.1) is 0 Å². The molecule has 1 saturated carbocycles. The number of benzene rings is 1. The molecule has 0 atom stereocenters. The molecule has 2 aromatic rings. The van der Waals surface area contributed by atoms with Crippen LogP contribution in [0.15, 0.2) is 22.6 Å². The Morgan fingerprint density at radius 3 is 2.90 bits per heavy atom. The fourth-order valence-electron chi connectivity index (χ4n) is 2.76. The molecule has 1 fully saturated rings. The maximum atomic E-state index is 10.5. The van der Waals surface area contributed by atoms with Crippen LogP contribution in [0.3, 0.4) is 0 Å². The van der Waals surface area contributed by atoms with E-state index in [-0.39, 0.29) is 0 Å². The molecule has 0 amide bonds. The number of hydrogen-bond donors (Lipinski definition) is 3. The summed E-state index contributed by atoms with van der Waals surface area (Å²) in [5.41, 5.74) is 7.13. The first-order valence-electron chi connectivity index (χ1n) is 7.17. The Bertz CT molecular complexity index is 600. The van der Waals surface area contributed by atoms with Crippen LogP contribution in [0, 0.1) is 5.92 Å². The van der Waals surface area contributed by atoms with Gasteiger partial charge in [-0.25, -0.2) is 0 Å². The number of nitrogen functional groups attached to an aromatic ring is 1. The molecule has 1 aliphatic rings. The molecule has 1 aromatic heterocycles. The summed E-state index contributed by atoms with van der Waals surface area (Å²) in [7, 11) is 0. The van der Waals surface area contributed by atoms with Gasteiger partial charge >= 0.3 is 0 Å². The fourth-order valence-corrected chi connectivity index (χ4v) is 2.76. The highest BCUT2D eigenvalue weighted by Crippen LogP contribution is 2.32. The lowest BCUT2D eigenvalue weighted by Gasteiger charge is -2.34. The van der Waals surface area contributed by atoms with Gasteiger partial charge in [-0.2, -0.15) is 4.98 Å². The number of anilines is 2. The summed E-state index contributed by atoms with van der Waals surface area (Å²) in [6.07, 6.45) is 3.78. The second kappa shape index (κ2) is 4.98. The summed E-state index contributed by atoms with van der Waals surface area (Å²) >= 11 is 0. The quantitative estimate of drug-likeness (QED) is 0.750. The average molecular weight is 275 g/mol. The van der Waals surface area contributed by atoms with Gasteiger partial charge in [0.05, 0.1) is 11.3 Å². The van der Waals surface area contributed by atoms with E-state index < -0.39 is 5.60 Å². The largest absolute Gasteiger partial charge is 0.423 e. The third-order valence-electron chi connectivity index (χ3n) is 4.22. The predicted octanol–water partition coefficient (Wildman–Crippen LogP) is 2.76. The SMILES string of the molecule is CC1CCC(O)(CNc2nc3c(N)cccc3o2)CC1. The van der Waals surface area contributed by atoms with E-state index in [1.54, 1.807) is 6.07 Å². The second-order valence-corrected chi connectivity index (χ2v) is 5.97. The van der Waals surface area contributed by atoms with E-state index in [1.165, 1.54) is 0 Å². The zero-order chi connectivity index (χ0) is 14.2. The third-order valence-corrected chi connectivity index (χ3v) is 4.22. The summed E-state index contributed by atoms with van der Waals surface area (Å²) in [4.78, 5) is 4.33. The summed E-state index contributed by atoms with van der Waals surface area (Å²) < 4.78 is 5.59. The Kier molecular flexibility index (Phi) is 3.30. The predicted molar refractivity (Wildman–Crippen MR) is 79.5 cm³/mol. The Labute approximate surface area is 118 Å². The van der Waals surface area contributed by atoms with Gasteiger partial charge < -0.3 is 20.6 Å². The molecule has 0 radical (unpaired) electrons. The van der Waals surface area contributed by atoms with E-state index in [0.717, 1.165) is 25.7 Å². The lowest BCUT2D eigenvalue weighted by atomic mass is 9.79. The van der Waals surface area contributed by atoms with Crippen molar-refractivity contribution in [1.29, 1.82) is 0 Å². The molecule has 0 saturated heterocycles. The van der Waals surface area contributed by atoms with Crippen LogP contribution in [0.25, 0.3) is 11.1 Å². The number of nitrogens with two attached hydrogens (primary N) is 1. The van der Waals surface area contributed by atoms with E-state index in [9.17, 15) is 5.11 Å². The molecule has 1 aromatic carbocycles. The normalized spacial score (nSPS) is 26.8. The van der Waals surface area contributed by atoms with Crippen LogP contribution in [0.5, 0.6) is 0 Å². The van der Waals surface area contributed by atoms with Crippen molar-refractivity contribution in [2.45, 2.75) is 38.2 Å². The number of fused-ring (bicyclic) bond motifs is 1. The minimum Gasteiger partial charge on any atom is -0.423 e. The lowest BCUT2D eigenvalue weighted by molar-refractivity contribution is 0.00463. The molecule has 4 N–H and O–H groups in total. The number of aromatic nitrogens is 1. The summed E-state index contributed by atoms with van der Waals surface area (Å²) in [5, 5.41) is 13.6. The molecule has 20 heavy (non-hydrogen) atoms. The molecular formula is C15H21N3O2. The van der Waals surface area contributed by atoms with Gasteiger partial charge in [0.15, 0.2) is 5.58 Å². The van der Waals surface area contributed by atoms with Crippen molar-refractivity contribution in [1.82, 2.24) is 4.98 Å². The van der Waals surface area contributed by atoms with Crippen LogP contribution in [-0.2, 0) is 0 Å². The molecule has 5 heteroatoms. The fraction of sp³-hybridized carbons (Fsp3) is 0.533. The Hall–Kier alpha value is -1.75. The maximum Gasteiger partial charge on any atom is 0.295 e. The second-order valence-electron chi connectivity index (χ2n) is 5.97. The Morgan fingerprint density at radius 1 is 1.45 bits per heavy atom. The van der Waals surface area contributed by atoms with Gasteiger partial charge in [-0.1, -0.05) is 13.0 Å². The maximum absolute atomic E-state index is 10.5. The van der Waals surface area contributed by atoms with Crippen molar-refractivity contribution in [2.24, 2.45) is 5.92 Å². The minimum absolute atomic E-state index is 0.421. The molecule has 0 unspecified atom stereocenters. The first-order valence-corrected chi connectivity index (χ1v) is 7.17. The van der Waals surface area contributed by atoms with E-state index in [1.807, 2.05) is 12.1 Å². The Morgan fingerprint density at radius 2 is 2.20 bits per heavy atom. The molecule has 3 rings (SSSR count). The zero-order valence-corrected chi connectivity index (χ0v) is 11.7. The van der Waals surface area contributed by atoms with Gasteiger partial charge in [-0.05, 0) is 43.7 Å². The third kappa shape index (κ3) is 2.58. The van der Waals surface area contributed by atoms with Gasteiger partial charge in [0, 0.05) is 6.54 Å². The highest BCUT2D eigenvalue weighted by Gasteiger charge is 2.31. The summed E-state index contributed by atoms with van der Waals surface area (Å²) in [6, 6.07) is 5.89. The number of oxazole rings is 1. The van der Waals surface area contributed by atoms with E-state index >= 15 is 0 Å². The van der Waals surface area contributed by atoms with Crippen molar-refractivity contribution in [3.8, 4) is 0 Å². The van der Waals surface area contributed by atoms with E-state index in [4.69, 9.17) is 10.2 Å². The zero-order valence-electron chi connectivity index (χ0n) is 11.7. The number of para-hydroxylation sites is 1. The molecule has 5 nitrogen and oxygen atoms in total. The number of aliphatic hydroxyl groups is 1. The molecule has 1 heterocycles. The number of nitrogens with zero attached hydrogens (tertiary/aromatic N) is 1. The van der Waals surface area contributed by atoms with Crippen molar-refractivity contribution in [2.75, 3.05) is 17.6 Å². The Balaban J connectivity index is 1.69. The number of nitrogens with one attached hydrogen (secondary N) is 1. The first kappa shape index (κ1) is 13.2. The minimum atomic E-state index is -0.654. The van der Waals surface area contributed by atoms with Gasteiger partial charge in [-0.3, -0.25) is 0 Å². The van der Waals surface area contributed by atoms with Crippen molar-refractivity contribution in [3.05, 3.63) is 18.2 Å². The molecule has 1 aliphatic carbocycles. The number of rotatable bonds is 3. The molecule has 108 valence electrons. The molecule has 0 bridgehead atoms. The van der Waals surface area contributed by atoms with Crippen LogP contribution < -0.4 is 11.1 Å². The summed E-state index contributed by atoms with van der Waals surface area (Å²) in [5.74, 6) is 0.708. The highest BCUT2D eigenvalue weighted by molar-refractivity contribution is 5.86. The standard InChI is InChI=1S/C15H21N3O2/c1-10-5-7-15(19,8-6-10)9-17-14-18-13-11(16)3-2-4-12(13)20-14/h2-4,10,19H,5-9,16H2,1H3,(H,17,18). The lowest BCUT2D eigenvalue weighted by Crippen LogP contribution is -2.40. The van der Waals surface area contributed by atoms with Crippen LogP contribution in [0.4, 0.5) is 11.7 Å². The highest BCUT2D eigenvalue weighted by atomic mass is 16.4. The van der Waals surface area contributed by atoms with Gasteiger partial charge in [0.25, 0.3) is 6.01 Å². The first-order chi connectivity index (χ1) is 9.56. The van der Waals surface area contributed by atoms with Crippen molar-refractivity contribution >= 4 is 22.8 Å². The molecule has 0 spiro atoms. The summed E-state index contributed by atoms with van der Waals surface area (Å²) in [6.45, 7) is 2.70.